The number of carbonyl (C=O) groups excluding carboxylic acids is 3. The molecule has 1 saturated heterocycles. The summed E-state index contributed by atoms with van der Waals surface area (Å²) in [4.78, 5) is 69.5. The van der Waals surface area contributed by atoms with Crippen LogP contribution in [0.25, 0.3) is 30.6 Å². The third-order valence-electron chi connectivity index (χ3n) is 18.4. The molecule has 3 saturated carbocycles. The van der Waals surface area contributed by atoms with Crippen LogP contribution in [0.5, 0.6) is 0 Å². The average Bonchev–Trinajstić information content (AvgIpc) is 1.63. The molecule has 7 N–H and O–H groups in total. The van der Waals surface area contributed by atoms with Crippen molar-refractivity contribution in [3.05, 3.63) is 50.3 Å². The van der Waals surface area contributed by atoms with Crippen molar-refractivity contribution in [3.8, 4) is 0 Å². The van der Waals surface area contributed by atoms with Crippen molar-refractivity contribution >= 4 is 118 Å². The molecule has 1 amide bonds. The summed E-state index contributed by atoms with van der Waals surface area (Å²) in [6.45, 7) is 24.7. The summed E-state index contributed by atoms with van der Waals surface area (Å²) in [7, 11) is 2.07. The van der Waals surface area contributed by atoms with Crippen LogP contribution in [0.1, 0.15) is 232 Å². The first-order chi connectivity index (χ1) is 44.7. The summed E-state index contributed by atoms with van der Waals surface area (Å²) >= 11 is 5.59. The van der Waals surface area contributed by atoms with Gasteiger partial charge in [0, 0.05) is 64.1 Å². The summed E-state index contributed by atoms with van der Waals surface area (Å²) in [5.41, 5.74) is 8.67. The Hall–Kier alpha value is -4.46. The van der Waals surface area contributed by atoms with Gasteiger partial charge >= 0.3 is 37.3 Å². The van der Waals surface area contributed by atoms with Crippen LogP contribution < -0.4 is 51.2 Å². The first kappa shape index (κ1) is 81.5. The molecule has 0 spiro atoms. The maximum absolute atomic E-state index is 12.0. The number of hydrogen-bond acceptors (Lipinski definition) is 22. The van der Waals surface area contributed by atoms with Gasteiger partial charge in [0.15, 0.2) is 17.4 Å². The van der Waals surface area contributed by atoms with Crippen molar-refractivity contribution in [2.75, 3.05) is 36.2 Å². The molecule has 1 aliphatic heterocycles. The zero-order chi connectivity index (χ0) is 67.3. The van der Waals surface area contributed by atoms with Gasteiger partial charge in [-0.15, -0.1) is 34.0 Å². The maximum atomic E-state index is 12.0. The number of rotatable bonds is 8. The molecule has 0 bridgehead atoms. The summed E-state index contributed by atoms with van der Waals surface area (Å²) in [5.74, 6) is 5.39. The van der Waals surface area contributed by atoms with Gasteiger partial charge in [-0.1, -0.05) is 28.2 Å². The zero-order valence-corrected chi connectivity index (χ0v) is 61.8. The quantitative estimate of drug-likeness (QED) is 0.0358. The predicted molar refractivity (Wildman–Crippen MR) is 399 cm³/mol. The minimum absolute atomic E-state index is 0. The van der Waals surface area contributed by atoms with Gasteiger partial charge in [-0.25, -0.2) is 44.3 Å². The van der Waals surface area contributed by atoms with Crippen LogP contribution in [0.15, 0.2) is 19.0 Å². The number of anilines is 3. The van der Waals surface area contributed by atoms with Crippen molar-refractivity contribution < 1.29 is 58.4 Å². The van der Waals surface area contributed by atoms with Crippen LogP contribution in [0.3, 0.4) is 0 Å². The number of aromatic nitrogens is 6. The van der Waals surface area contributed by atoms with Crippen LogP contribution in [0, 0.1) is 17.8 Å². The zero-order valence-electron chi connectivity index (χ0n) is 60.4. The van der Waals surface area contributed by atoms with E-state index in [1.165, 1.54) is 137 Å². The Labute approximate surface area is 613 Å². The maximum Gasteiger partial charge on any atom is 1.00 e. The normalized spacial score (nSPS) is 23.5. The molecule has 13 rings (SSSR count). The van der Waals surface area contributed by atoms with Gasteiger partial charge in [-0.2, -0.15) is 0 Å². The van der Waals surface area contributed by atoms with Crippen LogP contribution in [0.4, 0.5) is 31.8 Å². The van der Waals surface area contributed by atoms with Crippen LogP contribution in [0.2, 0.25) is 0 Å². The number of fused-ring (bicyclic) bond motifs is 9. The SMILES string of the molecule is C.C1CCOC1.CC(C)(C)OC(=O)OC(=O)OC(C)(C)C.CC1CCc2sc3ncnc(NC4CCC(N)CC4)c3c2C1.CC1CCc2sc3ncnc(NC4CCC(NC(=O)OC(C)(C)C)CC4)c3c2C1.CNC1CCC(Nc2ncnc3sc4c(c23)CC(C)CC4)CC1.[AlH3].[H-].[Li+]. The molecule has 6 aromatic rings. The second-order valence-corrected chi connectivity index (χ2v) is 33.4. The molecule has 534 valence electrons. The Kier molecular flexibility index (Phi) is 31.5. The Morgan fingerprint density at radius 1 is 0.495 bits per heavy atom. The molecule has 97 heavy (non-hydrogen) atoms. The van der Waals surface area contributed by atoms with Crippen LogP contribution in [-0.2, 0) is 62.2 Å². The second-order valence-electron chi connectivity index (χ2n) is 30.2. The number of hydrogen-bond donors (Lipinski definition) is 6. The molecule has 20 nitrogen and oxygen atoms in total. The number of nitrogens with zero attached hydrogens (tertiary/aromatic N) is 6. The summed E-state index contributed by atoms with van der Waals surface area (Å²) in [5, 5.41) is 21.4. The Morgan fingerprint density at radius 3 is 1.12 bits per heavy atom. The second kappa shape index (κ2) is 37.5. The van der Waals surface area contributed by atoms with Gasteiger partial charge in [0.1, 0.15) is 67.7 Å². The third-order valence-corrected chi connectivity index (χ3v) is 22.0. The summed E-state index contributed by atoms with van der Waals surface area (Å²) < 4.78 is 24.1. The standard InChI is InChI=1S/C22H32N4O2S.C18H26N4S.C17H24N4S.C10H18O5.C4H8O.CH4.Al.Li.4H/c1-13-5-10-17-16(11-13)18-19(23-12-24-20(18)29-17)25-14-6-8-15(9-7-14)26-21(27)28-22(2,3)4;1-11-3-8-15-14(9-11)16-17(20-10-21-18(16)23-15)22-13-6-4-12(19-2)5-7-13;1-10-2-7-14-13(8-10)15-16(19-9-20-17(15)22-14)21-12-5-3-11(18)4-6-12;1-9(2,3)14-7(11)13-8(12)15-10(4,5)6;1-2-4-5-3-1;;;;;;;/h12-15H,5-11H2,1-4H3,(H,26,27)(H,23,24,25);10-13,19H,3-9H2,1-2H3,(H,20,21,22);9-12H,2-8,18H2,1H3,(H,19,20,21);1-6H3;1-4H2;1H4;;;;;;/q;;;;;;;+1;;;;-1. The fraction of sp³-hybridized carbons (Fsp3) is 0.708. The van der Waals surface area contributed by atoms with E-state index < -0.39 is 29.1 Å². The average molecular weight is 1410 g/mol. The molecular weight excluding hydrogens is 1290 g/mol. The van der Waals surface area contributed by atoms with E-state index in [0.29, 0.717) is 30.2 Å². The molecular formula is C72H116AlLiN12O8S3. The molecule has 7 heterocycles. The van der Waals surface area contributed by atoms with E-state index in [-0.39, 0.29) is 57.2 Å². The smallest absolute Gasteiger partial charge is 1.00 e. The fourth-order valence-electron chi connectivity index (χ4n) is 13.5. The molecule has 0 aromatic carbocycles. The van der Waals surface area contributed by atoms with Crippen molar-refractivity contribution in [3.63, 3.8) is 0 Å². The molecule has 7 aliphatic rings. The minimum atomic E-state index is -1.06. The monoisotopic (exact) mass is 1410 g/mol. The fourth-order valence-corrected chi connectivity index (χ4v) is 17.1. The number of alkyl carbamates (subject to hydrolysis) is 1. The molecule has 3 unspecified atom stereocenters. The van der Waals surface area contributed by atoms with Gasteiger partial charge in [0.2, 0.25) is 0 Å². The Morgan fingerprint density at radius 2 is 0.814 bits per heavy atom. The summed E-state index contributed by atoms with van der Waals surface area (Å²) in [6, 6.07) is 2.69. The number of carbonyl (C=O) groups is 3. The first-order valence-electron chi connectivity index (χ1n) is 34.9. The molecule has 25 heteroatoms. The number of thiophene rings is 3. The number of aryl methyl sites for hydroxylation is 3. The van der Waals surface area contributed by atoms with Crippen molar-refractivity contribution in [2.24, 2.45) is 23.5 Å². The van der Waals surface area contributed by atoms with Gasteiger partial charge in [-0.3, -0.25) is 0 Å². The Balaban J connectivity index is 0.000000232. The number of amides is 1. The number of nitrogens with one attached hydrogen (secondary N) is 5. The van der Waals surface area contributed by atoms with E-state index in [2.05, 4.69) is 89.0 Å². The molecule has 6 aliphatic carbocycles. The molecule has 3 atom stereocenters. The van der Waals surface area contributed by atoms with Gasteiger partial charge in [-0.05, 0) is 251 Å². The number of nitrogens with two attached hydrogens (primary N) is 1. The largest absolute Gasteiger partial charge is 1.00 e. The van der Waals surface area contributed by atoms with Gasteiger partial charge < -0.3 is 57.4 Å². The van der Waals surface area contributed by atoms with Gasteiger partial charge in [0.25, 0.3) is 0 Å². The Bertz CT molecular complexity index is 3430. The van der Waals surface area contributed by atoms with Crippen molar-refractivity contribution in [1.29, 1.82) is 0 Å². The van der Waals surface area contributed by atoms with E-state index in [4.69, 9.17) is 24.7 Å². The van der Waals surface area contributed by atoms with E-state index in [0.717, 1.165) is 116 Å². The van der Waals surface area contributed by atoms with E-state index >= 15 is 0 Å². The van der Waals surface area contributed by atoms with Crippen molar-refractivity contribution in [1.82, 2.24) is 40.5 Å². The molecule has 4 fully saturated rings. The molecule has 6 aromatic heterocycles. The first-order valence-corrected chi connectivity index (χ1v) is 37.4. The minimum Gasteiger partial charge on any atom is -1.00 e. The third kappa shape index (κ3) is 24.7. The number of ether oxygens (including phenoxy) is 5. The van der Waals surface area contributed by atoms with E-state index in [1.807, 2.05) is 54.8 Å². The predicted octanol–water partition coefficient (Wildman–Crippen LogP) is 12.6. The van der Waals surface area contributed by atoms with Gasteiger partial charge in [0.05, 0.1) is 16.2 Å². The topological polar surface area (TPSA) is 261 Å². The van der Waals surface area contributed by atoms with Crippen LogP contribution in [-0.4, -0.2) is 139 Å². The van der Waals surface area contributed by atoms with Crippen LogP contribution >= 0.6 is 34.0 Å². The van der Waals surface area contributed by atoms with E-state index in [9.17, 15) is 14.4 Å². The molecule has 0 radical (unpaired) electrons. The van der Waals surface area contributed by atoms with E-state index in [1.54, 1.807) is 65.4 Å². The summed E-state index contributed by atoms with van der Waals surface area (Å²) in [6.07, 6.45) is 29.6. The van der Waals surface area contributed by atoms with Crippen molar-refractivity contribution in [2.45, 2.75) is 291 Å².